The lowest BCUT2D eigenvalue weighted by molar-refractivity contribution is -0.577. The van der Waals surface area contributed by atoms with Crippen LogP contribution in [0.25, 0.3) is 38.6 Å². The van der Waals surface area contributed by atoms with E-state index in [1.807, 2.05) is 97.1 Å². The number of H-pyrrole nitrogens is 1. The minimum Gasteiger partial charge on any atom is -0.382 e. The van der Waals surface area contributed by atoms with Gasteiger partial charge in [-0.2, -0.15) is 0 Å². The normalized spacial score (nSPS) is 15.9. The zero-order chi connectivity index (χ0) is 46.3. The van der Waals surface area contributed by atoms with Crippen LogP contribution in [0.3, 0.4) is 0 Å². The molecule has 9 aromatic rings. The molecule has 7 heterocycles. The van der Waals surface area contributed by atoms with Crippen LogP contribution in [0.1, 0.15) is 70.0 Å². The number of aromatic amines is 1. The van der Waals surface area contributed by atoms with Crippen molar-refractivity contribution in [3.05, 3.63) is 193 Å². The molecule has 5 N–H and O–H groups in total. The van der Waals surface area contributed by atoms with Crippen LogP contribution in [0.4, 0.5) is 11.6 Å². The fraction of sp³-hybridized carbons (Fsp3) is 0.160. The van der Waals surface area contributed by atoms with E-state index >= 15 is 0 Å². The fourth-order valence-electron chi connectivity index (χ4n) is 9.45. The summed E-state index contributed by atoms with van der Waals surface area (Å²) in [5.74, 6) is -0.170. The molecule has 67 heavy (non-hydrogen) atoms. The number of fused-ring (bicyclic) bond motifs is 3. The van der Waals surface area contributed by atoms with Gasteiger partial charge in [-0.1, -0.05) is 83.9 Å². The third kappa shape index (κ3) is 7.71. The molecule has 15 nitrogen and oxygen atoms in total. The standard InChI is InChI=1S/C26H21ClN6O2.C24H20ClN5O2/c27-18-10-4-7-16-15-20(33(26(35)21(16)18)17-8-2-1-3-9-17)19-11-5-13-31(19)25(34)22-23(28)30-32-14-6-12-29-24(22)32;25-17-9-4-6-15-14-19(30(23(31)20(15)17)16-7-2-1-3-8-16)18-10-5-13-29(18)24(32)21-22(26)28-12-11-27-21/h1-4,6-10,12,14-15,19H,5,11,13H2,(H2,28,30);1-4,6-9,11-12,14,18H,5,10,13H2,(H2,26,28)/p+1/t19-;18-/m00/s1. The number of hydrogen-bond donors (Lipinski definition) is 3. The molecule has 2 amide bonds. The number of likely N-dealkylation sites (tertiary alicyclic amines) is 2. The van der Waals surface area contributed by atoms with Gasteiger partial charge in [0.05, 0.1) is 32.9 Å². The first-order valence-corrected chi connectivity index (χ1v) is 22.5. The first-order chi connectivity index (χ1) is 32.6. The Morgan fingerprint density at radius 1 is 0.627 bits per heavy atom. The van der Waals surface area contributed by atoms with Crippen molar-refractivity contribution >= 4 is 73.8 Å². The lowest BCUT2D eigenvalue weighted by Gasteiger charge is -2.28. The number of benzene rings is 4. The molecule has 5 aromatic heterocycles. The Labute approximate surface area is 392 Å². The van der Waals surface area contributed by atoms with E-state index in [0.29, 0.717) is 63.6 Å². The van der Waals surface area contributed by atoms with Crippen molar-refractivity contribution in [3.8, 4) is 11.4 Å². The van der Waals surface area contributed by atoms with Crippen LogP contribution in [-0.4, -0.2) is 63.9 Å². The minimum absolute atomic E-state index is 0.0916. The SMILES string of the molecule is Nc1[nH][n+]2cccnc2c1C(=O)N1CCC[C@H]1c1cc2cccc(Cl)c2c(=O)n1-c1ccccc1.Nc1nccnc1C(=O)N1CCC[C@H]1c1cc2cccc(Cl)c2c(=O)n1-c1ccccc1. The van der Waals surface area contributed by atoms with Crippen molar-refractivity contribution in [2.75, 3.05) is 24.6 Å². The van der Waals surface area contributed by atoms with Crippen molar-refractivity contribution in [2.24, 2.45) is 0 Å². The number of nitrogens with one attached hydrogen (secondary N) is 1. The molecule has 4 aromatic carbocycles. The molecule has 0 saturated carbocycles. The van der Waals surface area contributed by atoms with E-state index in [4.69, 9.17) is 34.7 Å². The quantitative estimate of drug-likeness (QED) is 0.140. The van der Waals surface area contributed by atoms with E-state index in [0.717, 1.165) is 40.7 Å². The Morgan fingerprint density at radius 3 is 1.69 bits per heavy atom. The van der Waals surface area contributed by atoms with Gasteiger partial charge in [0.15, 0.2) is 22.9 Å². The first kappa shape index (κ1) is 43.0. The highest BCUT2D eigenvalue weighted by Gasteiger charge is 2.38. The van der Waals surface area contributed by atoms with Crippen molar-refractivity contribution in [3.63, 3.8) is 0 Å². The summed E-state index contributed by atoms with van der Waals surface area (Å²) in [5.41, 5.74) is 15.5. The summed E-state index contributed by atoms with van der Waals surface area (Å²) in [4.78, 5) is 70.7. The maximum Gasteiger partial charge on any atom is 0.363 e. The number of amides is 2. The molecular formula is C50H42Cl2N11O4+. The van der Waals surface area contributed by atoms with Gasteiger partial charge in [-0.15, -0.1) is 4.52 Å². The van der Waals surface area contributed by atoms with Crippen LogP contribution in [0.15, 0.2) is 150 Å². The Bertz CT molecular complexity index is 3510. The number of carbonyl (C=O) groups excluding carboxylic acids is 2. The highest BCUT2D eigenvalue weighted by atomic mass is 35.5. The molecule has 11 rings (SSSR count). The van der Waals surface area contributed by atoms with E-state index in [-0.39, 0.29) is 52.3 Å². The molecular weight excluding hydrogens is 890 g/mol. The number of pyridine rings is 2. The second-order valence-electron chi connectivity index (χ2n) is 16.3. The number of nitrogens with zero attached hydrogens (tertiary/aromatic N) is 8. The Morgan fingerprint density at radius 2 is 1.15 bits per heavy atom. The summed E-state index contributed by atoms with van der Waals surface area (Å²) in [7, 11) is 0. The van der Waals surface area contributed by atoms with E-state index < -0.39 is 0 Å². The average Bonchev–Trinajstić information content (AvgIpc) is 4.11. The zero-order valence-corrected chi connectivity index (χ0v) is 37.3. The highest BCUT2D eigenvalue weighted by molar-refractivity contribution is 6.35. The number of nitrogen functional groups attached to an aromatic ring is 2. The minimum atomic E-state index is -0.322. The lowest BCUT2D eigenvalue weighted by atomic mass is 10.0. The van der Waals surface area contributed by atoms with Crippen LogP contribution in [0.2, 0.25) is 10.0 Å². The number of halogens is 2. The molecule has 0 bridgehead atoms. The highest BCUT2D eigenvalue weighted by Crippen LogP contribution is 2.38. The molecule has 0 aliphatic carbocycles. The van der Waals surface area contributed by atoms with Crippen LogP contribution >= 0.6 is 23.2 Å². The molecule has 2 atom stereocenters. The second-order valence-corrected chi connectivity index (χ2v) is 17.1. The third-order valence-electron chi connectivity index (χ3n) is 12.4. The monoisotopic (exact) mass is 930 g/mol. The average molecular weight is 932 g/mol. The van der Waals surface area contributed by atoms with Gasteiger partial charge >= 0.3 is 5.65 Å². The molecule has 2 aliphatic rings. The largest absolute Gasteiger partial charge is 0.382 e. The van der Waals surface area contributed by atoms with Crippen LogP contribution in [0, 0.1) is 0 Å². The fourth-order valence-corrected chi connectivity index (χ4v) is 9.97. The van der Waals surface area contributed by atoms with Crippen molar-refractivity contribution in [1.82, 2.24) is 39.0 Å². The molecule has 2 fully saturated rings. The molecule has 0 radical (unpaired) electrons. The van der Waals surface area contributed by atoms with Crippen molar-refractivity contribution in [2.45, 2.75) is 37.8 Å². The molecule has 17 heteroatoms. The summed E-state index contributed by atoms with van der Waals surface area (Å²) in [6.07, 6.45) is 9.32. The predicted molar refractivity (Wildman–Crippen MR) is 258 cm³/mol. The molecule has 2 aliphatic heterocycles. The van der Waals surface area contributed by atoms with Crippen molar-refractivity contribution < 1.29 is 14.1 Å². The van der Waals surface area contributed by atoms with Crippen molar-refractivity contribution in [1.29, 1.82) is 0 Å². The smallest absolute Gasteiger partial charge is 0.363 e. The Kier molecular flexibility index (Phi) is 11.5. The van der Waals surface area contributed by atoms with Crippen LogP contribution in [-0.2, 0) is 0 Å². The number of anilines is 2. The molecule has 0 spiro atoms. The van der Waals surface area contributed by atoms with E-state index in [1.54, 1.807) is 54.0 Å². The number of rotatable bonds is 6. The summed E-state index contributed by atoms with van der Waals surface area (Å²) in [5, 5.41) is 6.17. The van der Waals surface area contributed by atoms with Gasteiger partial charge in [-0.3, -0.25) is 28.3 Å². The third-order valence-corrected chi connectivity index (χ3v) is 13.0. The number of para-hydroxylation sites is 2. The van der Waals surface area contributed by atoms with Gasteiger partial charge in [-0.25, -0.2) is 15.1 Å². The van der Waals surface area contributed by atoms with Gasteiger partial charge in [0.2, 0.25) is 0 Å². The molecule has 334 valence electrons. The summed E-state index contributed by atoms with van der Waals surface area (Å²) < 4.78 is 4.96. The number of nitrogens with two attached hydrogens (primary N) is 2. The van der Waals surface area contributed by atoms with Gasteiger partial charge in [-0.05, 0) is 90.0 Å². The van der Waals surface area contributed by atoms with Gasteiger partial charge in [0.25, 0.3) is 22.9 Å². The molecule has 0 unspecified atom stereocenters. The maximum atomic E-state index is 13.8. The summed E-state index contributed by atoms with van der Waals surface area (Å²) in [6.45, 7) is 1.08. The van der Waals surface area contributed by atoms with Gasteiger partial charge in [0.1, 0.15) is 12.4 Å². The van der Waals surface area contributed by atoms with E-state index in [2.05, 4.69) is 20.1 Å². The van der Waals surface area contributed by atoms with E-state index in [9.17, 15) is 19.2 Å². The number of carbonyl (C=O) groups is 2. The molecule has 2 saturated heterocycles. The van der Waals surface area contributed by atoms with E-state index in [1.165, 1.54) is 12.4 Å². The Balaban J connectivity index is 0.000000157. The van der Waals surface area contributed by atoms with Gasteiger partial charge < -0.3 is 21.3 Å². The zero-order valence-electron chi connectivity index (χ0n) is 35.8. The summed E-state index contributed by atoms with van der Waals surface area (Å²) >= 11 is 12.9. The number of aromatic nitrogens is 7. The maximum absolute atomic E-state index is 13.8. The topological polar surface area (TPSA) is 195 Å². The predicted octanol–water partition coefficient (Wildman–Crippen LogP) is 7.66. The number of hydrogen-bond acceptors (Lipinski definition) is 9. The lowest BCUT2D eigenvalue weighted by Crippen LogP contribution is -2.35. The Hall–Kier alpha value is -7.88. The van der Waals surface area contributed by atoms with Gasteiger partial charge in [0, 0.05) is 54.3 Å². The summed E-state index contributed by atoms with van der Waals surface area (Å²) in [6, 6.07) is 34.7. The first-order valence-electron chi connectivity index (χ1n) is 21.7. The second kappa shape index (κ2) is 17.8. The van der Waals surface area contributed by atoms with Crippen LogP contribution < -0.4 is 27.1 Å². The van der Waals surface area contributed by atoms with Crippen LogP contribution in [0.5, 0.6) is 0 Å².